The number of fused-ring (bicyclic) bond motifs is 1. The molecule has 0 fully saturated rings. The summed E-state index contributed by atoms with van der Waals surface area (Å²) in [6.07, 6.45) is 0. The van der Waals surface area contributed by atoms with Crippen molar-refractivity contribution in [1.82, 2.24) is 4.67 Å². The van der Waals surface area contributed by atoms with Gasteiger partial charge in [0, 0.05) is 30.9 Å². The molecule has 0 aliphatic carbocycles. The largest absolute Gasteiger partial charge is 0.450 e. The van der Waals surface area contributed by atoms with Crippen molar-refractivity contribution in [3.05, 3.63) is 53.1 Å². The molecule has 3 rings (SSSR count). The average molecular weight is 426 g/mol. The molecule has 30 heavy (non-hydrogen) atoms. The predicted molar refractivity (Wildman–Crippen MR) is 132 cm³/mol. The number of nitrogens with zero attached hydrogens (tertiary/aromatic N) is 3. The molecule has 0 bridgehead atoms. The van der Waals surface area contributed by atoms with Gasteiger partial charge in [-0.05, 0) is 48.7 Å². The topological polar surface area (TPSA) is 28.1 Å². The minimum Gasteiger partial charge on any atom is -0.450 e. The first-order valence-corrected chi connectivity index (χ1v) is 11.7. The zero-order valence-corrected chi connectivity index (χ0v) is 21.1. The third-order valence-electron chi connectivity index (χ3n) is 5.33. The zero-order valence-electron chi connectivity index (χ0n) is 20.2. The summed E-state index contributed by atoms with van der Waals surface area (Å²) in [4.78, 5) is 7.32. The van der Waals surface area contributed by atoms with Crippen molar-refractivity contribution in [3.63, 3.8) is 0 Å². The molecule has 0 N–H and O–H groups in total. The van der Waals surface area contributed by atoms with Gasteiger partial charge in [0.2, 0.25) is 8.30 Å². The van der Waals surface area contributed by atoms with Gasteiger partial charge in [-0.15, -0.1) is 0 Å². The second-order valence-electron chi connectivity index (χ2n) is 10.5. The maximum atomic E-state index is 6.71. The van der Waals surface area contributed by atoms with Crippen LogP contribution in [0.2, 0.25) is 0 Å². The molecular formula is C25H36N3OP. The lowest BCUT2D eigenvalue weighted by molar-refractivity contribution is 0.503. The van der Waals surface area contributed by atoms with Crippen molar-refractivity contribution >= 4 is 25.1 Å². The van der Waals surface area contributed by atoms with Crippen molar-refractivity contribution in [2.75, 3.05) is 33.1 Å². The first-order valence-electron chi connectivity index (χ1n) is 10.5. The van der Waals surface area contributed by atoms with E-state index in [-0.39, 0.29) is 10.8 Å². The van der Waals surface area contributed by atoms with E-state index in [0.29, 0.717) is 0 Å². The summed E-state index contributed by atoms with van der Waals surface area (Å²) in [5.74, 6) is 0.934. The third kappa shape index (κ3) is 4.55. The van der Waals surface area contributed by atoms with Crippen LogP contribution >= 0.6 is 8.30 Å². The summed E-state index contributed by atoms with van der Waals surface area (Å²) in [5.41, 5.74) is 6.78. The second kappa shape index (κ2) is 7.98. The minimum absolute atomic E-state index is 0.0287. The van der Waals surface area contributed by atoms with E-state index in [1.165, 1.54) is 16.8 Å². The van der Waals surface area contributed by atoms with Crippen LogP contribution in [0, 0.1) is 0 Å². The van der Waals surface area contributed by atoms with Crippen LogP contribution in [0.3, 0.4) is 0 Å². The second-order valence-corrected chi connectivity index (χ2v) is 12.4. The van der Waals surface area contributed by atoms with Gasteiger partial charge in [-0.25, -0.2) is 4.99 Å². The van der Waals surface area contributed by atoms with E-state index in [0.717, 1.165) is 22.5 Å². The number of benzene rings is 2. The van der Waals surface area contributed by atoms with Crippen LogP contribution in [-0.2, 0) is 10.8 Å². The number of hydrogen-bond donors (Lipinski definition) is 0. The van der Waals surface area contributed by atoms with Gasteiger partial charge in [-0.3, -0.25) is 4.67 Å². The van der Waals surface area contributed by atoms with Gasteiger partial charge in [0.15, 0.2) is 5.75 Å². The molecule has 0 saturated carbocycles. The Hall–Kier alpha value is -1.90. The molecule has 2 aromatic rings. The summed E-state index contributed by atoms with van der Waals surface area (Å²) in [5, 5.41) is 0. The molecule has 0 aromatic heterocycles. The third-order valence-corrected chi connectivity index (χ3v) is 7.14. The Balaban J connectivity index is 2.22. The highest BCUT2D eigenvalue weighted by atomic mass is 31.2. The molecule has 4 nitrogen and oxygen atoms in total. The fraction of sp³-hybridized carbons (Fsp3) is 0.480. The maximum Gasteiger partial charge on any atom is 0.216 e. The Bertz CT molecular complexity index is 948. The highest BCUT2D eigenvalue weighted by molar-refractivity contribution is 7.70. The monoisotopic (exact) mass is 425 g/mol. The van der Waals surface area contributed by atoms with Gasteiger partial charge in [0.1, 0.15) is 11.1 Å². The van der Waals surface area contributed by atoms with Crippen LogP contribution in [0.5, 0.6) is 5.75 Å². The zero-order chi connectivity index (χ0) is 22.4. The standard InChI is InChI=1S/C25H36N3OP/c1-24(2,3)18-15-20(25(4,5)6)22-21(16-18)26-23(30(29-22)28(9)10)17-11-13-19(14-12-17)27(7)8/h11-16H,1-10H3. The fourth-order valence-corrected chi connectivity index (χ4v) is 4.98. The predicted octanol–water partition coefficient (Wildman–Crippen LogP) is 6.69. The maximum absolute atomic E-state index is 6.71. The molecule has 1 unspecified atom stereocenters. The van der Waals surface area contributed by atoms with Gasteiger partial charge in [0.05, 0.1) is 0 Å². The van der Waals surface area contributed by atoms with Gasteiger partial charge in [-0.1, -0.05) is 59.7 Å². The summed E-state index contributed by atoms with van der Waals surface area (Å²) in [6, 6.07) is 13.1. The molecule has 1 atom stereocenters. The SMILES string of the molecule is CN(C)c1ccc(C2=Nc3cc(C(C)(C)C)cc(C(C)(C)C)c3OP2N(C)C)cc1. The number of rotatable bonds is 3. The quantitative estimate of drug-likeness (QED) is 0.513. The molecule has 162 valence electrons. The molecule has 0 saturated heterocycles. The van der Waals surface area contributed by atoms with Crippen molar-refractivity contribution in [1.29, 1.82) is 0 Å². The van der Waals surface area contributed by atoms with Gasteiger partial charge in [0.25, 0.3) is 0 Å². The Kier molecular flexibility index (Phi) is 6.06. The number of hydrogen-bond acceptors (Lipinski definition) is 4. The van der Waals surface area contributed by atoms with Crippen LogP contribution in [0.25, 0.3) is 0 Å². The van der Waals surface area contributed by atoms with E-state index < -0.39 is 8.30 Å². The molecule has 1 aliphatic heterocycles. The lowest BCUT2D eigenvalue weighted by Crippen LogP contribution is -2.22. The molecule has 5 heteroatoms. The molecule has 1 heterocycles. The average Bonchev–Trinajstić information content (AvgIpc) is 2.64. The minimum atomic E-state index is -1.01. The molecular weight excluding hydrogens is 389 g/mol. The Morgan fingerprint density at radius 2 is 1.43 bits per heavy atom. The van der Waals surface area contributed by atoms with Crippen LogP contribution < -0.4 is 9.42 Å². The van der Waals surface area contributed by atoms with E-state index in [1.54, 1.807) is 0 Å². The Labute approximate surface area is 183 Å². The van der Waals surface area contributed by atoms with Crippen molar-refractivity contribution in [2.45, 2.75) is 52.4 Å². The van der Waals surface area contributed by atoms with E-state index in [2.05, 4.69) is 116 Å². The molecule has 1 aliphatic rings. The van der Waals surface area contributed by atoms with E-state index in [1.807, 2.05) is 0 Å². The Morgan fingerprint density at radius 3 is 1.90 bits per heavy atom. The molecule has 2 aromatic carbocycles. The van der Waals surface area contributed by atoms with E-state index >= 15 is 0 Å². The van der Waals surface area contributed by atoms with Crippen LogP contribution in [-0.4, -0.2) is 38.3 Å². The van der Waals surface area contributed by atoms with Crippen molar-refractivity contribution in [3.8, 4) is 5.75 Å². The highest BCUT2D eigenvalue weighted by Crippen LogP contribution is 2.55. The van der Waals surface area contributed by atoms with Gasteiger partial charge < -0.3 is 9.42 Å². The first-order chi connectivity index (χ1) is 13.8. The smallest absolute Gasteiger partial charge is 0.216 e. The van der Waals surface area contributed by atoms with E-state index in [9.17, 15) is 0 Å². The fourth-order valence-electron chi connectivity index (χ4n) is 3.42. The molecule has 0 amide bonds. The first kappa shape index (κ1) is 22.8. The summed E-state index contributed by atoms with van der Waals surface area (Å²) in [7, 11) is 7.24. The van der Waals surface area contributed by atoms with Crippen molar-refractivity contribution in [2.24, 2.45) is 4.99 Å². The van der Waals surface area contributed by atoms with Crippen LogP contribution in [0.1, 0.15) is 58.2 Å². The lowest BCUT2D eigenvalue weighted by Gasteiger charge is -2.34. The van der Waals surface area contributed by atoms with E-state index in [4.69, 9.17) is 9.52 Å². The number of aliphatic imine (C=N–C) groups is 1. The number of anilines is 1. The molecule has 0 radical (unpaired) electrons. The van der Waals surface area contributed by atoms with Gasteiger partial charge >= 0.3 is 0 Å². The van der Waals surface area contributed by atoms with Crippen LogP contribution in [0.15, 0.2) is 41.4 Å². The summed E-state index contributed by atoms with van der Waals surface area (Å²) in [6.45, 7) is 13.5. The van der Waals surface area contributed by atoms with Crippen LogP contribution in [0.4, 0.5) is 11.4 Å². The van der Waals surface area contributed by atoms with Crippen molar-refractivity contribution < 1.29 is 4.52 Å². The normalized spacial score (nSPS) is 16.8. The summed E-state index contributed by atoms with van der Waals surface area (Å²) >= 11 is 0. The molecule has 0 spiro atoms. The Morgan fingerprint density at radius 1 is 0.833 bits per heavy atom. The lowest BCUT2D eigenvalue weighted by atomic mass is 9.80. The van der Waals surface area contributed by atoms with Gasteiger partial charge in [-0.2, -0.15) is 0 Å². The summed E-state index contributed by atoms with van der Waals surface area (Å²) < 4.78 is 8.87. The highest BCUT2D eigenvalue weighted by Gasteiger charge is 2.34.